The molecule has 2 aromatic heterocycles. The van der Waals surface area contributed by atoms with Crippen LogP contribution in [0.3, 0.4) is 0 Å². The van der Waals surface area contributed by atoms with E-state index in [1.165, 1.54) is 33.2 Å². The lowest BCUT2D eigenvalue weighted by Crippen LogP contribution is -2.15. The van der Waals surface area contributed by atoms with Gasteiger partial charge in [-0.2, -0.15) is 0 Å². The third-order valence-electron chi connectivity index (χ3n) is 5.39. The molecular weight excluding hydrogens is 304 g/mol. The van der Waals surface area contributed by atoms with E-state index in [1.54, 1.807) is 0 Å². The summed E-state index contributed by atoms with van der Waals surface area (Å²) in [6.45, 7) is 4.61. The summed E-state index contributed by atoms with van der Waals surface area (Å²) in [5.74, 6) is 0. The molecule has 0 unspecified atom stereocenters. The molecular formula is C23H18N2. The predicted molar refractivity (Wildman–Crippen MR) is 103 cm³/mol. The highest BCUT2D eigenvalue weighted by Gasteiger charge is 2.36. The smallest absolute Gasteiger partial charge is 0.0705 e. The molecule has 0 spiro atoms. The average Bonchev–Trinajstić information content (AvgIpc) is 2.88. The van der Waals surface area contributed by atoms with E-state index in [2.05, 4.69) is 66.3 Å². The Labute approximate surface area is 147 Å². The SMILES string of the molecule is CC1(C)c2cc(-c3cccnc3)ccc2-c2cc3cccnc3cc21. The maximum Gasteiger partial charge on any atom is 0.0705 e. The monoisotopic (exact) mass is 322 g/mol. The quantitative estimate of drug-likeness (QED) is 0.455. The molecule has 0 saturated carbocycles. The van der Waals surface area contributed by atoms with Crippen LogP contribution in [0.1, 0.15) is 25.0 Å². The van der Waals surface area contributed by atoms with Crippen molar-refractivity contribution in [3.63, 3.8) is 0 Å². The molecule has 2 heteroatoms. The minimum atomic E-state index is -0.0331. The second kappa shape index (κ2) is 5.00. The molecule has 0 N–H and O–H groups in total. The Morgan fingerprint density at radius 1 is 0.760 bits per heavy atom. The van der Waals surface area contributed by atoms with E-state index in [0.717, 1.165) is 11.1 Å². The molecule has 0 aliphatic heterocycles. The summed E-state index contributed by atoms with van der Waals surface area (Å²) in [7, 11) is 0. The summed E-state index contributed by atoms with van der Waals surface area (Å²) in [5, 5.41) is 1.20. The minimum Gasteiger partial charge on any atom is -0.264 e. The number of fused-ring (bicyclic) bond motifs is 4. The first-order valence-electron chi connectivity index (χ1n) is 8.59. The Morgan fingerprint density at radius 2 is 1.60 bits per heavy atom. The second-order valence-electron chi connectivity index (χ2n) is 7.22. The van der Waals surface area contributed by atoms with Crippen molar-refractivity contribution >= 4 is 10.9 Å². The average molecular weight is 322 g/mol. The molecule has 2 nitrogen and oxygen atoms in total. The largest absolute Gasteiger partial charge is 0.264 e. The zero-order chi connectivity index (χ0) is 17.0. The van der Waals surface area contributed by atoms with Crippen LogP contribution in [-0.4, -0.2) is 9.97 Å². The predicted octanol–water partition coefficient (Wildman–Crippen LogP) is 5.60. The van der Waals surface area contributed by atoms with E-state index in [-0.39, 0.29) is 5.41 Å². The maximum absolute atomic E-state index is 4.54. The van der Waals surface area contributed by atoms with Crippen LogP contribution in [-0.2, 0) is 5.41 Å². The third-order valence-corrected chi connectivity index (χ3v) is 5.39. The fourth-order valence-corrected chi connectivity index (χ4v) is 4.01. The molecule has 2 heterocycles. The highest BCUT2D eigenvalue weighted by molar-refractivity contribution is 5.92. The molecule has 0 radical (unpaired) electrons. The van der Waals surface area contributed by atoms with E-state index in [0.29, 0.717) is 0 Å². The topological polar surface area (TPSA) is 25.8 Å². The van der Waals surface area contributed by atoms with Gasteiger partial charge in [-0.25, -0.2) is 0 Å². The molecule has 0 fully saturated rings. The first-order valence-corrected chi connectivity index (χ1v) is 8.59. The van der Waals surface area contributed by atoms with Gasteiger partial charge >= 0.3 is 0 Å². The third kappa shape index (κ3) is 2.04. The van der Waals surface area contributed by atoms with Crippen molar-refractivity contribution in [3.8, 4) is 22.3 Å². The number of nitrogens with zero attached hydrogens (tertiary/aromatic N) is 2. The molecule has 120 valence electrons. The van der Waals surface area contributed by atoms with E-state index < -0.39 is 0 Å². The Kier molecular flexibility index (Phi) is 2.87. The maximum atomic E-state index is 4.54. The molecule has 2 aromatic carbocycles. The first-order chi connectivity index (χ1) is 12.1. The normalized spacial score (nSPS) is 14.3. The van der Waals surface area contributed by atoms with Gasteiger partial charge < -0.3 is 0 Å². The Bertz CT molecular complexity index is 1110. The summed E-state index contributed by atoms with van der Waals surface area (Å²) in [6, 6.07) is 19.6. The molecule has 25 heavy (non-hydrogen) atoms. The van der Waals surface area contributed by atoms with E-state index in [1.807, 2.05) is 30.7 Å². The number of hydrogen-bond donors (Lipinski definition) is 0. The van der Waals surface area contributed by atoms with Gasteiger partial charge in [0.15, 0.2) is 0 Å². The van der Waals surface area contributed by atoms with Crippen molar-refractivity contribution < 1.29 is 0 Å². The lowest BCUT2D eigenvalue weighted by molar-refractivity contribution is 0.661. The van der Waals surface area contributed by atoms with Crippen LogP contribution >= 0.6 is 0 Å². The van der Waals surface area contributed by atoms with Crippen molar-refractivity contribution in [2.24, 2.45) is 0 Å². The van der Waals surface area contributed by atoms with Crippen molar-refractivity contribution in [1.82, 2.24) is 9.97 Å². The van der Waals surface area contributed by atoms with Crippen LogP contribution < -0.4 is 0 Å². The Morgan fingerprint density at radius 3 is 2.44 bits per heavy atom. The number of rotatable bonds is 1. The van der Waals surface area contributed by atoms with Crippen molar-refractivity contribution in [3.05, 3.63) is 84.3 Å². The van der Waals surface area contributed by atoms with Crippen LogP contribution in [0.15, 0.2) is 73.2 Å². The van der Waals surface area contributed by atoms with Gasteiger partial charge in [0.2, 0.25) is 0 Å². The molecule has 0 bridgehead atoms. The van der Waals surface area contributed by atoms with Gasteiger partial charge in [0.25, 0.3) is 0 Å². The highest BCUT2D eigenvalue weighted by atomic mass is 14.6. The van der Waals surface area contributed by atoms with Crippen LogP contribution in [0.4, 0.5) is 0 Å². The van der Waals surface area contributed by atoms with Gasteiger partial charge in [0, 0.05) is 29.4 Å². The fourth-order valence-electron chi connectivity index (χ4n) is 4.01. The van der Waals surface area contributed by atoms with Gasteiger partial charge in [-0.05, 0) is 63.7 Å². The van der Waals surface area contributed by atoms with Crippen LogP contribution in [0.25, 0.3) is 33.2 Å². The van der Waals surface area contributed by atoms with Crippen LogP contribution in [0, 0.1) is 0 Å². The van der Waals surface area contributed by atoms with Gasteiger partial charge in [-0.15, -0.1) is 0 Å². The summed E-state index contributed by atoms with van der Waals surface area (Å²) < 4.78 is 0. The lowest BCUT2D eigenvalue weighted by Gasteiger charge is -2.22. The van der Waals surface area contributed by atoms with Gasteiger partial charge in [-0.3, -0.25) is 9.97 Å². The van der Waals surface area contributed by atoms with E-state index in [4.69, 9.17) is 0 Å². The molecule has 0 saturated heterocycles. The lowest BCUT2D eigenvalue weighted by atomic mass is 9.81. The number of hydrogen-bond acceptors (Lipinski definition) is 2. The first kappa shape index (κ1) is 14.4. The summed E-state index contributed by atoms with van der Waals surface area (Å²) in [5.41, 5.74) is 8.80. The van der Waals surface area contributed by atoms with Crippen molar-refractivity contribution in [2.75, 3.05) is 0 Å². The van der Waals surface area contributed by atoms with E-state index in [9.17, 15) is 0 Å². The van der Waals surface area contributed by atoms with E-state index >= 15 is 0 Å². The fraction of sp³-hybridized carbons (Fsp3) is 0.130. The van der Waals surface area contributed by atoms with Gasteiger partial charge in [0.1, 0.15) is 0 Å². The summed E-state index contributed by atoms with van der Waals surface area (Å²) in [6.07, 6.45) is 5.61. The summed E-state index contributed by atoms with van der Waals surface area (Å²) in [4.78, 5) is 8.80. The minimum absolute atomic E-state index is 0.0331. The zero-order valence-electron chi connectivity index (χ0n) is 14.3. The Hall–Kier alpha value is -3.00. The molecule has 5 rings (SSSR count). The van der Waals surface area contributed by atoms with Crippen molar-refractivity contribution in [1.29, 1.82) is 0 Å². The van der Waals surface area contributed by atoms with Crippen molar-refractivity contribution in [2.45, 2.75) is 19.3 Å². The standard InChI is InChI=1S/C23H18N2/c1-23(2)20-12-15(17-6-3-9-24-14-17)7-8-18(20)19-11-16-5-4-10-25-22(16)13-21(19)23/h3-14H,1-2H3. The molecule has 1 aliphatic carbocycles. The second-order valence-corrected chi connectivity index (χ2v) is 7.22. The number of benzene rings is 2. The number of pyridine rings is 2. The molecule has 4 aromatic rings. The van der Waals surface area contributed by atoms with Crippen LogP contribution in [0.5, 0.6) is 0 Å². The molecule has 0 amide bonds. The Balaban J connectivity index is 1.76. The molecule has 0 atom stereocenters. The summed E-state index contributed by atoms with van der Waals surface area (Å²) >= 11 is 0. The number of aromatic nitrogens is 2. The van der Waals surface area contributed by atoms with Crippen LogP contribution in [0.2, 0.25) is 0 Å². The highest BCUT2D eigenvalue weighted by Crippen LogP contribution is 2.50. The zero-order valence-corrected chi connectivity index (χ0v) is 14.3. The van der Waals surface area contributed by atoms with Gasteiger partial charge in [-0.1, -0.05) is 38.1 Å². The molecule has 1 aliphatic rings. The van der Waals surface area contributed by atoms with Gasteiger partial charge in [0.05, 0.1) is 5.52 Å².